The highest BCUT2D eigenvalue weighted by molar-refractivity contribution is 5.66. The molecule has 0 bridgehead atoms. The molecule has 0 amide bonds. The molecule has 0 aromatic carbocycles. The molecule has 0 atom stereocenters. The molecule has 2 saturated carbocycles. The zero-order valence-electron chi connectivity index (χ0n) is 16.7. The molecule has 2 rings (SSSR count). The van der Waals surface area contributed by atoms with E-state index in [0.29, 0.717) is 6.42 Å². The highest BCUT2D eigenvalue weighted by Gasteiger charge is 2.30. The van der Waals surface area contributed by atoms with Gasteiger partial charge in [-0.1, -0.05) is 71.1 Å². The Bertz CT molecular complexity index is 349. The third-order valence-corrected chi connectivity index (χ3v) is 7.17. The topological polar surface area (TPSA) is 37.3 Å². The van der Waals surface area contributed by atoms with Crippen LogP contribution >= 0.6 is 0 Å². The highest BCUT2D eigenvalue weighted by Crippen LogP contribution is 2.43. The van der Waals surface area contributed by atoms with Gasteiger partial charge in [-0.15, -0.1) is 0 Å². The van der Waals surface area contributed by atoms with Crippen molar-refractivity contribution in [2.75, 3.05) is 0 Å². The van der Waals surface area contributed by atoms with Crippen LogP contribution in [0.2, 0.25) is 0 Å². The zero-order chi connectivity index (χ0) is 17.9. The van der Waals surface area contributed by atoms with Gasteiger partial charge in [0.05, 0.1) is 0 Å². The van der Waals surface area contributed by atoms with Crippen LogP contribution in [-0.4, -0.2) is 11.1 Å². The van der Waals surface area contributed by atoms with Crippen LogP contribution in [0.3, 0.4) is 0 Å². The number of rotatable bonds is 11. The lowest BCUT2D eigenvalue weighted by molar-refractivity contribution is -0.137. The van der Waals surface area contributed by atoms with Gasteiger partial charge in [-0.05, 0) is 62.2 Å². The second-order valence-corrected chi connectivity index (χ2v) is 9.05. The van der Waals surface area contributed by atoms with Gasteiger partial charge in [0.1, 0.15) is 0 Å². The lowest BCUT2D eigenvalue weighted by atomic mass is 9.68. The van der Waals surface area contributed by atoms with Gasteiger partial charge in [0.25, 0.3) is 0 Å². The predicted molar refractivity (Wildman–Crippen MR) is 106 cm³/mol. The van der Waals surface area contributed by atoms with Gasteiger partial charge >= 0.3 is 5.97 Å². The summed E-state index contributed by atoms with van der Waals surface area (Å²) in [6, 6.07) is 0. The average molecular weight is 351 g/mol. The molecule has 25 heavy (non-hydrogen) atoms. The fourth-order valence-corrected chi connectivity index (χ4v) is 5.48. The second kappa shape index (κ2) is 12.0. The van der Waals surface area contributed by atoms with Gasteiger partial charge in [0.15, 0.2) is 0 Å². The Morgan fingerprint density at radius 2 is 1.20 bits per heavy atom. The first-order valence-corrected chi connectivity index (χ1v) is 11.4. The van der Waals surface area contributed by atoms with Crippen LogP contribution in [0.25, 0.3) is 0 Å². The van der Waals surface area contributed by atoms with Gasteiger partial charge < -0.3 is 5.11 Å². The maximum absolute atomic E-state index is 10.6. The van der Waals surface area contributed by atoms with E-state index in [9.17, 15) is 4.79 Å². The Morgan fingerprint density at radius 1 is 0.720 bits per heavy atom. The van der Waals surface area contributed by atoms with Crippen molar-refractivity contribution in [2.24, 2.45) is 23.7 Å². The van der Waals surface area contributed by atoms with Crippen molar-refractivity contribution in [3.05, 3.63) is 0 Å². The van der Waals surface area contributed by atoms with Crippen LogP contribution in [0.1, 0.15) is 116 Å². The predicted octanol–water partition coefficient (Wildman–Crippen LogP) is 7.21. The van der Waals surface area contributed by atoms with Crippen molar-refractivity contribution in [3.8, 4) is 0 Å². The van der Waals surface area contributed by atoms with Crippen molar-refractivity contribution in [1.29, 1.82) is 0 Å². The molecule has 2 aliphatic carbocycles. The summed E-state index contributed by atoms with van der Waals surface area (Å²) in [4.78, 5) is 10.6. The normalized spacial score (nSPS) is 30.3. The maximum atomic E-state index is 10.6. The molecule has 2 fully saturated rings. The molecular weight excluding hydrogens is 308 g/mol. The van der Waals surface area contributed by atoms with Gasteiger partial charge in [0, 0.05) is 6.42 Å². The Kier molecular flexibility index (Phi) is 9.94. The minimum absolute atomic E-state index is 0.363. The number of hydrogen-bond acceptors (Lipinski definition) is 1. The lowest BCUT2D eigenvalue weighted by Crippen LogP contribution is -2.26. The largest absolute Gasteiger partial charge is 0.481 e. The summed E-state index contributed by atoms with van der Waals surface area (Å²) < 4.78 is 0. The molecule has 2 heteroatoms. The second-order valence-electron chi connectivity index (χ2n) is 9.05. The summed E-state index contributed by atoms with van der Waals surface area (Å²) in [5.41, 5.74) is 0. The molecule has 0 spiro atoms. The number of carboxylic acid groups (broad SMARTS) is 1. The van der Waals surface area contributed by atoms with Gasteiger partial charge in [-0.3, -0.25) is 4.79 Å². The summed E-state index contributed by atoms with van der Waals surface area (Å²) in [6.45, 7) is 2.30. The molecule has 0 saturated heterocycles. The summed E-state index contributed by atoms with van der Waals surface area (Å²) in [6.07, 6.45) is 22.6. The zero-order valence-corrected chi connectivity index (χ0v) is 16.7. The van der Waals surface area contributed by atoms with E-state index < -0.39 is 5.97 Å². The quantitative estimate of drug-likeness (QED) is 0.399. The monoisotopic (exact) mass is 350 g/mol. The van der Waals surface area contributed by atoms with Crippen LogP contribution in [0.15, 0.2) is 0 Å². The smallest absolute Gasteiger partial charge is 0.303 e. The van der Waals surface area contributed by atoms with Crippen LogP contribution in [0, 0.1) is 23.7 Å². The van der Waals surface area contributed by atoms with Crippen LogP contribution in [-0.2, 0) is 4.79 Å². The van der Waals surface area contributed by atoms with Crippen LogP contribution < -0.4 is 0 Å². The number of aliphatic carboxylic acids is 1. The standard InChI is InChI=1S/C23H42O2/c1-2-3-4-5-6-8-19-11-15-21(16-12-19)22-17-13-20(14-18-22)9-7-10-23(24)25/h19-22H,2-18H2,1H3,(H,24,25)/t19-,20?,21-,22?. The fourth-order valence-electron chi connectivity index (χ4n) is 5.48. The minimum Gasteiger partial charge on any atom is -0.481 e. The van der Waals surface area contributed by atoms with E-state index in [1.54, 1.807) is 0 Å². The summed E-state index contributed by atoms with van der Waals surface area (Å²) in [7, 11) is 0. The molecule has 0 aliphatic heterocycles. The first kappa shape index (κ1) is 20.8. The van der Waals surface area contributed by atoms with E-state index in [-0.39, 0.29) is 0 Å². The van der Waals surface area contributed by atoms with E-state index in [0.717, 1.165) is 36.5 Å². The van der Waals surface area contributed by atoms with E-state index >= 15 is 0 Å². The SMILES string of the molecule is CCCCCCC[C@H]1CC[C@H](C2CCC(CCCC(=O)O)CC2)CC1. The van der Waals surface area contributed by atoms with Crippen molar-refractivity contribution in [2.45, 2.75) is 116 Å². The van der Waals surface area contributed by atoms with Crippen molar-refractivity contribution in [3.63, 3.8) is 0 Å². The third kappa shape index (κ3) is 8.13. The van der Waals surface area contributed by atoms with Crippen LogP contribution in [0.4, 0.5) is 0 Å². The summed E-state index contributed by atoms with van der Waals surface area (Å²) in [5, 5.41) is 8.77. The summed E-state index contributed by atoms with van der Waals surface area (Å²) in [5.74, 6) is 3.22. The minimum atomic E-state index is -0.629. The highest BCUT2D eigenvalue weighted by atomic mass is 16.4. The maximum Gasteiger partial charge on any atom is 0.303 e. The number of carbonyl (C=O) groups is 1. The fraction of sp³-hybridized carbons (Fsp3) is 0.957. The number of carboxylic acids is 1. The van der Waals surface area contributed by atoms with E-state index in [4.69, 9.17) is 5.11 Å². The first-order chi connectivity index (χ1) is 12.2. The molecule has 0 unspecified atom stereocenters. The molecule has 0 aromatic rings. The molecule has 2 aliphatic rings. The molecule has 0 heterocycles. The average Bonchev–Trinajstić information content (AvgIpc) is 2.62. The lowest BCUT2D eigenvalue weighted by Gasteiger charge is -2.38. The Morgan fingerprint density at radius 3 is 1.68 bits per heavy atom. The third-order valence-electron chi connectivity index (χ3n) is 7.17. The molecule has 0 aromatic heterocycles. The van der Waals surface area contributed by atoms with E-state index in [2.05, 4.69) is 6.92 Å². The van der Waals surface area contributed by atoms with Crippen molar-refractivity contribution >= 4 is 5.97 Å². The molecular formula is C23H42O2. The van der Waals surface area contributed by atoms with E-state index in [1.807, 2.05) is 0 Å². The van der Waals surface area contributed by atoms with Gasteiger partial charge in [0.2, 0.25) is 0 Å². The number of hydrogen-bond donors (Lipinski definition) is 1. The van der Waals surface area contributed by atoms with Crippen LogP contribution in [0.5, 0.6) is 0 Å². The molecule has 2 nitrogen and oxygen atoms in total. The number of unbranched alkanes of at least 4 members (excludes halogenated alkanes) is 4. The van der Waals surface area contributed by atoms with E-state index in [1.165, 1.54) is 89.9 Å². The first-order valence-electron chi connectivity index (χ1n) is 11.4. The van der Waals surface area contributed by atoms with Crippen molar-refractivity contribution < 1.29 is 9.90 Å². The molecule has 0 radical (unpaired) electrons. The summed E-state index contributed by atoms with van der Waals surface area (Å²) >= 11 is 0. The Hall–Kier alpha value is -0.530. The van der Waals surface area contributed by atoms with Gasteiger partial charge in [-0.2, -0.15) is 0 Å². The molecule has 146 valence electrons. The Balaban J connectivity index is 1.54. The van der Waals surface area contributed by atoms with Crippen molar-refractivity contribution in [1.82, 2.24) is 0 Å². The molecule has 1 N–H and O–H groups in total. The van der Waals surface area contributed by atoms with Gasteiger partial charge in [-0.25, -0.2) is 0 Å². The Labute approximate surface area is 156 Å².